The Kier molecular flexibility index (Phi) is 6.30. The van der Waals surface area contributed by atoms with Crippen LogP contribution in [0.15, 0.2) is 24.3 Å². The van der Waals surface area contributed by atoms with Crippen LogP contribution in [0.1, 0.15) is 10.8 Å². The molecule has 1 aromatic carbocycles. The molecule has 1 aromatic rings. The predicted molar refractivity (Wildman–Crippen MR) is 78.7 cm³/mol. The second-order valence-corrected chi connectivity index (χ2v) is 5.57. The lowest BCUT2D eigenvalue weighted by Crippen LogP contribution is -2.24. The summed E-state index contributed by atoms with van der Waals surface area (Å²) < 4.78 is 5.06. The lowest BCUT2D eigenvalue weighted by Gasteiger charge is -2.15. The molecule has 0 spiro atoms. The minimum absolute atomic E-state index is 0.0585. The normalized spacial score (nSPS) is 11.8. The minimum Gasteiger partial charge on any atom is -0.497 e. The fourth-order valence-electron chi connectivity index (χ4n) is 1.51. The molecular weight excluding hydrogens is 280 g/mol. The highest BCUT2D eigenvalue weighted by molar-refractivity contribution is 8.00. The third-order valence-corrected chi connectivity index (χ3v) is 3.95. The first-order valence-corrected chi connectivity index (χ1v) is 7.06. The van der Waals surface area contributed by atoms with Gasteiger partial charge in [-0.25, -0.2) is 0 Å². The number of methoxy groups -OCH3 is 1. The lowest BCUT2D eigenvalue weighted by atomic mass is 10.1. The molecule has 0 saturated heterocycles. The summed E-state index contributed by atoms with van der Waals surface area (Å²) in [5.74, 6) is 0.859. The van der Waals surface area contributed by atoms with Crippen molar-refractivity contribution in [1.29, 1.82) is 0 Å². The SMILES string of the molecule is COc1ccc(C(C[N+](=O)[O-])SCC(=O)N(C)C)cc1. The van der Waals surface area contributed by atoms with Gasteiger partial charge in [0, 0.05) is 19.0 Å². The fraction of sp³-hybridized carbons (Fsp3) is 0.462. The Hall–Kier alpha value is -1.76. The van der Waals surface area contributed by atoms with Gasteiger partial charge in [0.15, 0.2) is 0 Å². The van der Waals surface area contributed by atoms with Crippen molar-refractivity contribution in [2.75, 3.05) is 33.5 Å². The summed E-state index contributed by atoms with van der Waals surface area (Å²) in [6, 6.07) is 7.10. The monoisotopic (exact) mass is 298 g/mol. The molecule has 1 atom stereocenters. The second kappa shape index (κ2) is 7.74. The molecule has 0 N–H and O–H groups in total. The van der Waals surface area contributed by atoms with Gasteiger partial charge in [-0.05, 0) is 17.7 Å². The molecule has 0 aliphatic rings. The van der Waals surface area contributed by atoms with E-state index < -0.39 is 0 Å². The Morgan fingerprint density at radius 2 is 2.00 bits per heavy atom. The van der Waals surface area contributed by atoms with Gasteiger partial charge in [0.1, 0.15) is 5.75 Å². The maximum Gasteiger partial charge on any atom is 0.232 e. The van der Waals surface area contributed by atoms with E-state index in [0.717, 1.165) is 5.56 Å². The zero-order valence-corrected chi connectivity index (χ0v) is 12.6. The Bertz CT molecular complexity index is 462. The molecule has 0 bridgehead atoms. The van der Waals surface area contributed by atoms with Crippen LogP contribution in [0.25, 0.3) is 0 Å². The number of hydrogen-bond acceptors (Lipinski definition) is 5. The highest BCUT2D eigenvalue weighted by Crippen LogP contribution is 2.30. The van der Waals surface area contributed by atoms with Gasteiger partial charge in [0.25, 0.3) is 0 Å². The first kappa shape index (κ1) is 16.3. The smallest absolute Gasteiger partial charge is 0.232 e. The summed E-state index contributed by atoms with van der Waals surface area (Å²) in [6.45, 7) is -0.211. The summed E-state index contributed by atoms with van der Waals surface area (Å²) in [7, 11) is 4.89. The van der Waals surface area contributed by atoms with Crippen molar-refractivity contribution >= 4 is 17.7 Å². The molecule has 0 aliphatic heterocycles. The van der Waals surface area contributed by atoms with Gasteiger partial charge in [-0.2, -0.15) is 0 Å². The predicted octanol–water partition coefficient (Wildman–Crippen LogP) is 1.83. The Labute approximate surface area is 122 Å². The van der Waals surface area contributed by atoms with Crippen LogP contribution in [0.5, 0.6) is 5.75 Å². The van der Waals surface area contributed by atoms with Crippen molar-refractivity contribution in [1.82, 2.24) is 4.90 Å². The zero-order chi connectivity index (χ0) is 15.1. The number of carbonyl (C=O) groups excluding carboxylic acids is 1. The van der Waals surface area contributed by atoms with Crippen LogP contribution >= 0.6 is 11.8 Å². The fourth-order valence-corrected chi connectivity index (χ4v) is 2.69. The van der Waals surface area contributed by atoms with E-state index in [2.05, 4.69) is 0 Å². The summed E-state index contributed by atoms with van der Waals surface area (Å²) in [5, 5.41) is 10.4. The van der Waals surface area contributed by atoms with Gasteiger partial charge < -0.3 is 9.64 Å². The first-order chi connectivity index (χ1) is 9.43. The van der Waals surface area contributed by atoms with Gasteiger partial charge in [0.2, 0.25) is 12.5 Å². The van der Waals surface area contributed by atoms with Crippen molar-refractivity contribution in [2.24, 2.45) is 0 Å². The average Bonchev–Trinajstić information content (AvgIpc) is 2.42. The van der Waals surface area contributed by atoms with E-state index >= 15 is 0 Å². The lowest BCUT2D eigenvalue weighted by molar-refractivity contribution is -0.479. The van der Waals surface area contributed by atoms with Crippen molar-refractivity contribution in [3.05, 3.63) is 39.9 Å². The third-order valence-electron chi connectivity index (χ3n) is 2.71. The standard InChI is InChI=1S/C13H18N2O4S/c1-14(2)13(16)9-20-12(8-15(17)18)10-4-6-11(19-3)7-5-10/h4-7,12H,8-9H2,1-3H3. The number of thioether (sulfide) groups is 1. The second-order valence-electron chi connectivity index (χ2n) is 4.38. The number of carbonyl (C=O) groups is 1. The largest absolute Gasteiger partial charge is 0.497 e. The van der Waals surface area contributed by atoms with Crippen molar-refractivity contribution in [3.63, 3.8) is 0 Å². The Morgan fingerprint density at radius 3 is 2.45 bits per heavy atom. The molecule has 110 valence electrons. The molecule has 7 heteroatoms. The van der Waals surface area contributed by atoms with Crippen LogP contribution in [0.2, 0.25) is 0 Å². The summed E-state index contributed by atoms with van der Waals surface area (Å²) in [6.07, 6.45) is 0. The van der Waals surface area contributed by atoms with Crippen LogP contribution in [0.4, 0.5) is 0 Å². The van der Waals surface area contributed by atoms with E-state index in [1.165, 1.54) is 16.7 Å². The molecular formula is C13H18N2O4S. The quantitative estimate of drug-likeness (QED) is 0.567. The number of hydrogen-bond donors (Lipinski definition) is 0. The Morgan fingerprint density at radius 1 is 1.40 bits per heavy atom. The van der Waals surface area contributed by atoms with Crippen LogP contribution in [0.3, 0.4) is 0 Å². The number of nitro groups is 1. The summed E-state index contributed by atoms with van der Waals surface area (Å²) in [4.78, 5) is 23.5. The number of rotatable bonds is 7. The van der Waals surface area contributed by atoms with Crippen LogP contribution in [0, 0.1) is 10.1 Å². The number of amides is 1. The number of ether oxygens (including phenoxy) is 1. The molecule has 0 saturated carbocycles. The van der Waals surface area contributed by atoms with E-state index in [0.29, 0.717) is 5.75 Å². The maximum atomic E-state index is 11.6. The highest BCUT2D eigenvalue weighted by Gasteiger charge is 2.20. The minimum atomic E-state index is -0.359. The number of nitrogens with zero attached hydrogens (tertiary/aromatic N) is 2. The summed E-state index contributed by atoms with van der Waals surface area (Å²) in [5.41, 5.74) is 0.819. The van der Waals surface area contributed by atoms with Gasteiger partial charge in [-0.15, -0.1) is 11.8 Å². The molecule has 0 aliphatic carbocycles. The van der Waals surface area contributed by atoms with E-state index in [4.69, 9.17) is 4.74 Å². The Balaban J connectivity index is 2.77. The molecule has 1 unspecified atom stereocenters. The van der Waals surface area contributed by atoms with Gasteiger partial charge >= 0.3 is 0 Å². The summed E-state index contributed by atoms with van der Waals surface area (Å²) >= 11 is 1.28. The molecule has 6 nitrogen and oxygen atoms in total. The molecule has 1 rings (SSSR count). The van der Waals surface area contributed by atoms with Crippen molar-refractivity contribution in [3.8, 4) is 5.75 Å². The molecule has 20 heavy (non-hydrogen) atoms. The van der Waals surface area contributed by atoms with Crippen molar-refractivity contribution < 1.29 is 14.5 Å². The van der Waals surface area contributed by atoms with Crippen molar-refractivity contribution in [2.45, 2.75) is 5.25 Å². The van der Waals surface area contributed by atoms with Gasteiger partial charge in [-0.3, -0.25) is 14.9 Å². The average molecular weight is 298 g/mol. The molecule has 0 fully saturated rings. The highest BCUT2D eigenvalue weighted by atomic mass is 32.2. The molecule has 0 radical (unpaired) electrons. The topological polar surface area (TPSA) is 72.7 Å². The van der Waals surface area contributed by atoms with Crippen LogP contribution < -0.4 is 4.74 Å². The van der Waals surface area contributed by atoms with Crippen LogP contribution in [-0.2, 0) is 4.79 Å². The number of benzene rings is 1. The molecule has 0 heterocycles. The van der Waals surface area contributed by atoms with E-state index in [9.17, 15) is 14.9 Å². The van der Waals surface area contributed by atoms with E-state index in [-0.39, 0.29) is 28.4 Å². The zero-order valence-electron chi connectivity index (χ0n) is 11.7. The van der Waals surface area contributed by atoms with Crippen LogP contribution in [-0.4, -0.2) is 49.2 Å². The van der Waals surface area contributed by atoms with E-state index in [1.807, 2.05) is 0 Å². The van der Waals surface area contributed by atoms with Gasteiger partial charge in [-0.1, -0.05) is 12.1 Å². The van der Waals surface area contributed by atoms with E-state index in [1.54, 1.807) is 45.5 Å². The first-order valence-electron chi connectivity index (χ1n) is 6.01. The third kappa shape index (κ3) is 5.08. The van der Waals surface area contributed by atoms with Gasteiger partial charge in [0.05, 0.1) is 18.1 Å². The molecule has 1 amide bonds. The maximum absolute atomic E-state index is 11.6. The molecule has 0 aromatic heterocycles.